The largest absolute Gasteiger partial charge is 0.228 e. The van der Waals surface area contributed by atoms with Crippen molar-refractivity contribution in [3.05, 3.63) is 206 Å². The first-order chi connectivity index (χ1) is 26.7. The fourth-order valence-corrected chi connectivity index (χ4v) is 7.79. The molecule has 0 aliphatic carbocycles. The van der Waals surface area contributed by atoms with E-state index in [4.69, 9.17) is 9.97 Å². The third kappa shape index (κ3) is 5.81. The summed E-state index contributed by atoms with van der Waals surface area (Å²) >= 11 is 0. The summed E-state index contributed by atoms with van der Waals surface area (Å²) in [5, 5.41) is 7.17. The van der Waals surface area contributed by atoms with Crippen molar-refractivity contribution in [1.82, 2.24) is 9.97 Å². The summed E-state index contributed by atoms with van der Waals surface area (Å²) < 4.78 is 0. The second-order valence-electron chi connectivity index (χ2n) is 13.8. The summed E-state index contributed by atoms with van der Waals surface area (Å²) in [7, 11) is 0. The molecular formula is C52H34N2. The van der Waals surface area contributed by atoms with Gasteiger partial charge in [-0.1, -0.05) is 182 Å². The Morgan fingerprint density at radius 2 is 0.630 bits per heavy atom. The van der Waals surface area contributed by atoms with Crippen molar-refractivity contribution >= 4 is 32.3 Å². The molecule has 1 aromatic heterocycles. The lowest BCUT2D eigenvalue weighted by Crippen LogP contribution is -1.97. The molecule has 10 rings (SSSR count). The van der Waals surface area contributed by atoms with E-state index in [0.29, 0.717) is 5.82 Å². The number of fused-ring (bicyclic) bond motifs is 3. The first-order valence-electron chi connectivity index (χ1n) is 18.4. The van der Waals surface area contributed by atoms with Gasteiger partial charge in [0.05, 0.1) is 11.4 Å². The van der Waals surface area contributed by atoms with E-state index in [1.54, 1.807) is 0 Å². The summed E-state index contributed by atoms with van der Waals surface area (Å²) in [6.45, 7) is 0. The molecule has 2 nitrogen and oxygen atoms in total. The highest BCUT2D eigenvalue weighted by molar-refractivity contribution is 6.02. The summed E-state index contributed by atoms with van der Waals surface area (Å²) in [5.41, 5.74) is 11.9. The molecule has 9 aromatic carbocycles. The van der Waals surface area contributed by atoms with Crippen LogP contribution in [0.4, 0.5) is 0 Å². The molecular weight excluding hydrogens is 653 g/mol. The van der Waals surface area contributed by atoms with Crippen molar-refractivity contribution in [3.8, 4) is 67.3 Å². The van der Waals surface area contributed by atoms with Gasteiger partial charge in [0.2, 0.25) is 0 Å². The van der Waals surface area contributed by atoms with Crippen LogP contribution in [0.5, 0.6) is 0 Å². The van der Waals surface area contributed by atoms with E-state index in [2.05, 4.69) is 206 Å². The topological polar surface area (TPSA) is 25.8 Å². The maximum absolute atomic E-state index is 5.40. The zero-order valence-corrected chi connectivity index (χ0v) is 29.5. The molecule has 10 aromatic rings. The summed E-state index contributed by atoms with van der Waals surface area (Å²) in [6.07, 6.45) is 0. The van der Waals surface area contributed by atoms with Crippen molar-refractivity contribution in [1.29, 1.82) is 0 Å². The van der Waals surface area contributed by atoms with E-state index in [1.165, 1.54) is 43.8 Å². The second kappa shape index (κ2) is 13.4. The maximum atomic E-state index is 5.40. The van der Waals surface area contributed by atoms with E-state index in [-0.39, 0.29) is 0 Å². The smallest absolute Gasteiger partial charge is 0.161 e. The van der Waals surface area contributed by atoms with Gasteiger partial charge in [0.1, 0.15) is 0 Å². The Bertz CT molecular complexity index is 2870. The third-order valence-electron chi connectivity index (χ3n) is 10.5. The fraction of sp³-hybridized carbons (Fsp3) is 0. The first kappa shape index (κ1) is 31.6. The van der Waals surface area contributed by atoms with Gasteiger partial charge in [0.15, 0.2) is 5.82 Å². The molecule has 0 amide bonds. The van der Waals surface area contributed by atoms with Crippen LogP contribution in [0.2, 0.25) is 0 Å². The average molecular weight is 687 g/mol. The molecule has 0 spiro atoms. The molecule has 252 valence electrons. The van der Waals surface area contributed by atoms with Gasteiger partial charge in [0.25, 0.3) is 0 Å². The fourth-order valence-electron chi connectivity index (χ4n) is 7.79. The van der Waals surface area contributed by atoms with Gasteiger partial charge < -0.3 is 0 Å². The third-order valence-corrected chi connectivity index (χ3v) is 10.5. The summed E-state index contributed by atoms with van der Waals surface area (Å²) in [5.74, 6) is 0.703. The minimum Gasteiger partial charge on any atom is -0.228 e. The number of rotatable bonds is 6. The highest BCUT2D eigenvalue weighted by atomic mass is 14.9. The number of nitrogens with zero attached hydrogens (tertiary/aromatic N) is 2. The van der Waals surface area contributed by atoms with Crippen LogP contribution in [0, 0.1) is 0 Å². The summed E-state index contributed by atoms with van der Waals surface area (Å²) in [4.78, 5) is 10.7. The van der Waals surface area contributed by atoms with Crippen molar-refractivity contribution < 1.29 is 0 Å². The van der Waals surface area contributed by atoms with Crippen molar-refractivity contribution in [3.63, 3.8) is 0 Å². The van der Waals surface area contributed by atoms with Crippen LogP contribution in [0.3, 0.4) is 0 Å². The maximum Gasteiger partial charge on any atom is 0.161 e. The van der Waals surface area contributed by atoms with E-state index >= 15 is 0 Å². The molecule has 0 unspecified atom stereocenters. The van der Waals surface area contributed by atoms with Gasteiger partial charge in [-0.2, -0.15) is 0 Å². The van der Waals surface area contributed by atoms with E-state index in [9.17, 15) is 0 Å². The number of hydrogen-bond donors (Lipinski definition) is 0. The highest BCUT2D eigenvalue weighted by Crippen LogP contribution is 2.39. The number of aromatic nitrogens is 2. The molecule has 0 radical (unpaired) electrons. The molecule has 0 bridgehead atoms. The van der Waals surface area contributed by atoms with Crippen molar-refractivity contribution in [2.75, 3.05) is 0 Å². The average Bonchev–Trinajstić information content (AvgIpc) is 3.26. The molecule has 0 atom stereocenters. The lowest BCUT2D eigenvalue weighted by molar-refractivity contribution is 1.19. The zero-order valence-electron chi connectivity index (χ0n) is 29.5. The molecule has 0 N–H and O–H groups in total. The minimum atomic E-state index is 0.703. The van der Waals surface area contributed by atoms with Crippen LogP contribution in [0.15, 0.2) is 206 Å². The van der Waals surface area contributed by atoms with Crippen molar-refractivity contribution in [2.45, 2.75) is 0 Å². The molecule has 0 saturated heterocycles. The van der Waals surface area contributed by atoms with Crippen LogP contribution >= 0.6 is 0 Å². The lowest BCUT2D eigenvalue weighted by atomic mass is 9.90. The Balaban J connectivity index is 1.22. The van der Waals surface area contributed by atoms with E-state index < -0.39 is 0 Å². The Morgan fingerprint density at radius 1 is 0.241 bits per heavy atom. The Labute approximate surface area is 314 Å². The van der Waals surface area contributed by atoms with Crippen LogP contribution in [0.1, 0.15) is 0 Å². The van der Waals surface area contributed by atoms with E-state index in [1.807, 2.05) is 0 Å². The van der Waals surface area contributed by atoms with Gasteiger partial charge in [-0.15, -0.1) is 0 Å². The van der Waals surface area contributed by atoms with E-state index in [0.717, 1.165) is 50.0 Å². The molecule has 0 saturated carbocycles. The second-order valence-corrected chi connectivity index (χ2v) is 13.8. The van der Waals surface area contributed by atoms with Gasteiger partial charge in [0, 0.05) is 16.7 Å². The highest BCUT2D eigenvalue weighted by Gasteiger charge is 2.16. The summed E-state index contributed by atoms with van der Waals surface area (Å²) in [6, 6.07) is 73.6. The molecule has 1 heterocycles. The Morgan fingerprint density at radius 3 is 1.19 bits per heavy atom. The van der Waals surface area contributed by atoms with Crippen LogP contribution < -0.4 is 0 Å². The predicted octanol–water partition coefficient (Wildman–Crippen LogP) is 13.9. The Kier molecular flexibility index (Phi) is 7.85. The van der Waals surface area contributed by atoms with Crippen LogP contribution in [-0.4, -0.2) is 9.97 Å². The molecule has 0 fully saturated rings. The number of hydrogen-bond acceptors (Lipinski definition) is 2. The zero-order chi connectivity index (χ0) is 35.8. The van der Waals surface area contributed by atoms with Crippen LogP contribution in [-0.2, 0) is 0 Å². The van der Waals surface area contributed by atoms with Gasteiger partial charge in [-0.05, 0) is 90.0 Å². The molecule has 54 heavy (non-hydrogen) atoms. The molecule has 2 heteroatoms. The van der Waals surface area contributed by atoms with Gasteiger partial charge in [-0.3, -0.25) is 0 Å². The van der Waals surface area contributed by atoms with Gasteiger partial charge >= 0.3 is 0 Å². The SMILES string of the molecule is c1ccc(-c2ccc(-c3cc(-c4cc(-c5cccc6ccccc56)cc(-c5cccc6ccccc56)c4)nc(-c4cccc5ccccc45)n3)cc2)cc1. The quantitative estimate of drug-likeness (QED) is 0.174. The standard InChI is InChI=1S/C52H34N2/c1-2-13-35(14-3-1)36-27-29-40(30-28-36)50-34-51(54-52(53-50)49-26-12-20-39-17-6-9-23-46(39)49)43-32-41(47-24-10-18-37-15-4-7-21-44(37)47)31-42(33-43)48-25-11-19-38-16-5-8-22-45(38)48/h1-34H. The first-order valence-corrected chi connectivity index (χ1v) is 18.4. The normalized spacial score (nSPS) is 11.3. The van der Waals surface area contributed by atoms with Crippen LogP contribution in [0.25, 0.3) is 99.6 Å². The monoisotopic (exact) mass is 686 g/mol. The van der Waals surface area contributed by atoms with Crippen molar-refractivity contribution in [2.24, 2.45) is 0 Å². The predicted molar refractivity (Wildman–Crippen MR) is 227 cm³/mol. The lowest BCUT2D eigenvalue weighted by Gasteiger charge is -2.15. The van der Waals surface area contributed by atoms with Gasteiger partial charge in [-0.25, -0.2) is 9.97 Å². The minimum absolute atomic E-state index is 0.703. The molecule has 0 aliphatic rings. The Hall–Kier alpha value is -7.16. The molecule has 0 aliphatic heterocycles. The number of benzene rings is 9.